The Labute approximate surface area is 403 Å². The molecule has 0 amide bonds. The number of aryl methyl sites for hydroxylation is 3. The molecule has 2 fully saturated rings. The zero-order valence-electron chi connectivity index (χ0n) is 38.9. The number of piperazine rings is 1. The van der Waals surface area contributed by atoms with Crippen LogP contribution in [-0.4, -0.2) is 98.0 Å². The number of piperidine rings is 1. The first-order valence-corrected chi connectivity index (χ1v) is 24.7. The molecule has 0 spiro atoms. The molecule has 3 atom stereocenters. The van der Waals surface area contributed by atoms with Crippen LogP contribution in [0.15, 0.2) is 107 Å². The van der Waals surface area contributed by atoms with Crippen molar-refractivity contribution in [1.29, 1.82) is 0 Å². The van der Waals surface area contributed by atoms with Crippen molar-refractivity contribution in [3.8, 4) is 5.00 Å². The first kappa shape index (κ1) is 44.9. The number of nitrogens with zero attached hydrogens (tertiary/aromatic N) is 8. The Morgan fingerprint density at radius 2 is 1.57 bits per heavy atom. The fraction of sp³-hybridized carbons (Fsp3) is 0.352. The summed E-state index contributed by atoms with van der Waals surface area (Å²) < 4.78 is 37.1. The molecule has 2 saturated heterocycles. The van der Waals surface area contributed by atoms with Crippen molar-refractivity contribution in [1.82, 2.24) is 24.6 Å². The smallest absolute Gasteiger partial charge is 0.335 e. The maximum atomic E-state index is 15.3. The second-order valence-electron chi connectivity index (χ2n) is 19.1. The van der Waals surface area contributed by atoms with E-state index in [0.29, 0.717) is 50.1 Å². The first-order chi connectivity index (χ1) is 33.4. The number of thiophene rings is 1. The van der Waals surface area contributed by atoms with Gasteiger partial charge in [0.05, 0.1) is 29.5 Å². The van der Waals surface area contributed by atoms with Gasteiger partial charge in [-0.05, 0) is 123 Å². The number of β-amino-alcohol motifs (C(OH)–C–C–N with tert-alkyl or cyclic N) is 1. The molecule has 0 radical (unpaired) electrons. The predicted octanol–water partition coefficient (Wildman–Crippen LogP) is 9.37. The van der Waals surface area contributed by atoms with Crippen LogP contribution in [-0.2, 0) is 12.8 Å². The lowest BCUT2D eigenvalue weighted by Crippen LogP contribution is -2.55. The summed E-state index contributed by atoms with van der Waals surface area (Å²) in [4.78, 5) is 30.0. The normalized spacial score (nSPS) is 20.2. The zero-order valence-corrected chi connectivity index (χ0v) is 39.7. The van der Waals surface area contributed by atoms with Crippen LogP contribution in [0, 0.1) is 32.4 Å². The highest BCUT2D eigenvalue weighted by Crippen LogP contribution is 2.48. The fourth-order valence-corrected chi connectivity index (χ4v) is 12.4. The second kappa shape index (κ2) is 18.1. The molecule has 0 bridgehead atoms. The van der Waals surface area contributed by atoms with Crippen molar-refractivity contribution < 1.29 is 28.2 Å². The van der Waals surface area contributed by atoms with E-state index in [-0.39, 0.29) is 23.4 Å². The largest absolute Gasteiger partial charge is 0.478 e. The lowest BCUT2D eigenvalue weighted by molar-refractivity contribution is -0.0173. The summed E-state index contributed by atoms with van der Waals surface area (Å²) in [6, 6.07) is 25.8. The number of aliphatic imine (C=N–C) groups is 1. The van der Waals surface area contributed by atoms with Crippen LogP contribution in [0.5, 0.6) is 0 Å². The summed E-state index contributed by atoms with van der Waals surface area (Å²) >= 11 is 1.74. The number of carbonyl (C=O) groups is 1. The topological polar surface area (TPSA) is 136 Å². The van der Waals surface area contributed by atoms with Gasteiger partial charge in [-0.2, -0.15) is 0 Å². The molecule has 4 aliphatic rings. The van der Waals surface area contributed by atoms with Crippen LogP contribution in [0.4, 0.5) is 20.2 Å². The van der Waals surface area contributed by atoms with Crippen molar-refractivity contribution in [2.45, 2.75) is 76.4 Å². The van der Waals surface area contributed by atoms with E-state index in [2.05, 4.69) is 96.8 Å². The SMILES string of the molecule is Cc1sc2c(c1C)C(c1ccc(N3CCC(O)(CN4CCN(c5ccc([C@H]6c7ccc(C(=O)O)cc7CC[C@H]6c6ccc(F)cc6F)cc5)CC4)CC3)cc1)=NC(Cc1ncco1)c1nnc(C)n1-2. The van der Waals surface area contributed by atoms with Gasteiger partial charge in [0.15, 0.2) is 11.7 Å². The second-order valence-corrected chi connectivity index (χ2v) is 20.4. The molecular weight excluding hydrogens is 895 g/mol. The Hall–Kier alpha value is -6.55. The lowest BCUT2D eigenvalue weighted by atomic mass is 9.69. The summed E-state index contributed by atoms with van der Waals surface area (Å²) in [6.45, 7) is 11.7. The van der Waals surface area contributed by atoms with E-state index in [4.69, 9.17) is 9.41 Å². The fourth-order valence-electron chi connectivity index (χ4n) is 11.2. The van der Waals surface area contributed by atoms with Crippen LogP contribution >= 0.6 is 11.3 Å². The molecule has 15 heteroatoms. The average Bonchev–Trinajstić information content (AvgIpc) is 4.06. The van der Waals surface area contributed by atoms with E-state index in [9.17, 15) is 19.4 Å². The minimum atomic E-state index is -0.980. The number of halogens is 2. The Morgan fingerprint density at radius 3 is 2.26 bits per heavy atom. The molecule has 7 aromatic rings. The van der Waals surface area contributed by atoms with Crippen molar-refractivity contribution in [3.05, 3.63) is 176 Å². The predicted molar refractivity (Wildman–Crippen MR) is 263 cm³/mol. The van der Waals surface area contributed by atoms with Crippen LogP contribution < -0.4 is 9.80 Å². The molecule has 11 rings (SSSR count). The van der Waals surface area contributed by atoms with Crippen molar-refractivity contribution in [3.63, 3.8) is 0 Å². The number of aliphatic hydroxyl groups is 1. The van der Waals surface area contributed by atoms with Gasteiger partial charge in [0.1, 0.15) is 34.8 Å². The molecule has 69 heavy (non-hydrogen) atoms. The Balaban J connectivity index is 0.734. The van der Waals surface area contributed by atoms with E-state index in [1.165, 1.54) is 16.5 Å². The summed E-state index contributed by atoms with van der Waals surface area (Å²) in [7, 11) is 0. The van der Waals surface area contributed by atoms with Gasteiger partial charge < -0.3 is 24.4 Å². The number of hydrogen-bond acceptors (Lipinski definition) is 11. The Kier molecular flexibility index (Phi) is 11.8. The highest BCUT2D eigenvalue weighted by atomic mass is 32.1. The standard InChI is InChI=1S/C54H54F2N8O4S/c1-32-33(2)69-52-48(32)50(58-46(30-47-57-20-27-68-47)51-60-59-34(3)64(51)52)36-6-13-40(14-7-36)62-21-18-54(67,19-22-62)31-61-23-25-63(26-24-61)41-11-4-35(5-12-41)49-42-15-9-38(53(65)66)28-37(42)8-16-44(49)43-17-10-39(55)29-45(43)56/h4-7,9-15,17,20,27-29,44,46,49,67H,8,16,18-19,21-26,30-31H2,1-3H3,(H,65,66)/t44-,46?,49-/m0/s1. The van der Waals surface area contributed by atoms with E-state index >= 15 is 4.39 Å². The van der Waals surface area contributed by atoms with Crippen LogP contribution in [0.1, 0.15) is 109 Å². The third-order valence-electron chi connectivity index (χ3n) is 15.0. The minimum Gasteiger partial charge on any atom is -0.478 e. The number of carboxylic acids is 1. The molecule has 12 nitrogen and oxygen atoms in total. The third kappa shape index (κ3) is 8.54. The number of carboxylic acid groups (broad SMARTS) is 1. The highest BCUT2D eigenvalue weighted by Gasteiger charge is 2.37. The lowest BCUT2D eigenvalue weighted by Gasteiger charge is -2.44. The number of aromatic nitrogens is 4. The Bertz CT molecular complexity index is 3060. The summed E-state index contributed by atoms with van der Waals surface area (Å²) in [5, 5.41) is 31.8. The number of fused-ring (bicyclic) bond motifs is 4. The maximum Gasteiger partial charge on any atom is 0.335 e. The molecule has 2 N–H and O–H groups in total. The monoisotopic (exact) mass is 948 g/mol. The maximum absolute atomic E-state index is 15.3. The van der Waals surface area contributed by atoms with Crippen LogP contribution in [0.3, 0.4) is 0 Å². The molecule has 1 aliphatic carbocycles. The molecular formula is C54H54F2N8O4S. The number of aromatic carboxylic acids is 1. The van der Waals surface area contributed by atoms with Gasteiger partial charge in [0.25, 0.3) is 0 Å². The zero-order chi connectivity index (χ0) is 47.6. The number of benzene rings is 4. The molecule has 1 unspecified atom stereocenters. The van der Waals surface area contributed by atoms with Gasteiger partial charge in [-0.15, -0.1) is 21.5 Å². The molecule has 3 aromatic heterocycles. The summed E-state index contributed by atoms with van der Waals surface area (Å²) in [5.74, 6) is -0.424. The first-order valence-electron chi connectivity index (χ1n) is 23.8. The van der Waals surface area contributed by atoms with E-state index < -0.39 is 23.2 Å². The van der Waals surface area contributed by atoms with E-state index in [1.807, 2.05) is 13.0 Å². The summed E-state index contributed by atoms with van der Waals surface area (Å²) in [5.41, 5.74) is 9.31. The van der Waals surface area contributed by atoms with Gasteiger partial charge in [0.2, 0.25) is 0 Å². The quantitative estimate of drug-likeness (QED) is 0.137. The van der Waals surface area contributed by atoms with Crippen molar-refractivity contribution in [2.75, 3.05) is 55.6 Å². The third-order valence-corrected chi connectivity index (χ3v) is 16.2. The molecule has 3 aliphatic heterocycles. The number of rotatable bonds is 10. The van der Waals surface area contributed by atoms with Gasteiger partial charge >= 0.3 is 5.97 Å². The van der Waals surface area contributed by atoms with Crippen LogP contribution in [0.25, 0.3) is 5.00 Å². The molecule has 354 valence electrons. The van der Waals surface area contributed by atoms with Crippen molar-refractivity contribution in [2.24, 2.45) is 4.99 Å². The number of hydrogen-bond donors (Lipinski definition) is 2. The van der Waals surface area contributed by atoms with Crippen LogP contribution in [0.2, 0.25) is 0 Å². The highest BCUT2D eigenvalue weighted by molar-refractivity contribution is 7.15. The molecule has 4 aromatic carbocycles. The van der Waals surface area contributed by atoms with Crippen molar-refractivity contribution >= 4 is 34.4 Å². The minimum absolute atomic E-state index is 0.223. The van der Waals surface area contributed by atoms with Gasteiger partial charge in [-0.25, -0.2) is 18.6 Å². The molecule has 0 saturated carbocycles. The van der Waals surface area contributed by atoms with Gasteiger partial charge in [-0.1, -0.05) is 36.4 Å². The number of oxazole rings is 1. The number of anilines is 2. The van der Waals surface area contributed by atoms with E-state index in [0.717, 1.165) is 107 Å². The Morgan fingerprint density at radius 1 is 0.855 bits per heavy atom. The van der Waals surface area contributed by atoms with E-state index in [1.54, 1.807) is 42.0 Å². The summed E-state index contributed by atoms with van der Waals surface area (Å²) in [6.07, 6.45) is 6.26. The molecule has 6 heterocycles. The van der Waals surface area contributed by atoms with Gasteiger partial charge in [0, 0.05) is 85.2 Å². The van der Waals surface area contributed by atoms with Gasteiger partial charge in [-0.3, -0.25) is 14.5 Å². The average molecular weight is 949 g/mol.